The van der Waals surface area contributed by atoms with E-state index in [1.807, 2.05) is 6.92 Å². The highest BCUT2D eigenvalue weighted by atomic mass is 16.6. The van der Waals surface area contributed by atoms with Gasteiger partial charge in [0.25, 0.3) is 0 Å². The van der Waals surface area contributed by atoms with E-state index < -0.39 is 11.9 Å². The molecule has 1 aliphatic rings. The highest BCUT2D eigenvalue weighted by Gasteiger charge is 2.27. The Morgan fingerprint density at radius 1 is 1.37 bits per heavy atom. The van der Waals surface area contributed by atoms with E-state index in [-0.39, 0.29) is 18.2 Å². The Morgan fingerprint density at radius 3 is 2.42 bits per heavy atom. The molecule has 1 heterocycles. The van der Waals surface area contributed by atoms with Crippen LogP contribution in [0.25, 0.3) is 0 Å². The molecule has 1 rings (SSSR count). The third-order valence-electron chi connectivity index (χ3n) is 3.66. The summed E-state index contributed by atoms with van der Waals surface area (Å²) in [5, 5.41) is 12.3. The quantitative estimate of drug-likeness (QED) is 0.789. The van der Waals surface area contributed by atoms with Gasteiger partial charge in [-0.15, -0.1) is 0 Å². The van der Waals surface area contributed by atoms with Crippen LogP contribution in [0.5, 0.6) is 0 Å². The van der Waals surface area contributed by atoms with Crippen molar-refractivity contribution >= 4 is 12.1 Å². The van der Waals surface area contributed by atoms with Crippen LogP contribution in [0, 0.1) is 5.92 Å². The summed E-state index contributed by atoms with van der Waals surface area (Å²) in [5.74, 6) is -1.20. The van der Waals surface area contributed by atoms with E-state index in [1.165, 1.54) is 0 Å². The van der Waals surface area contributed by atoms with E-state index in [0.29, 0.717) is 19.7 Å². The van der Waals surface area contributed by atoms with Crippen LogP contribution in [0.4, 0.5) is 4.79 Å². The van der Waals surface area contributed by atoms with Crippen LogP contribution < -0.4 is 5.32 Å². The van der Waals surface area contributed by atoms with Gasteiger partial charge in [0.1, 0.15) is 0 Å². The Morgan fingerprint density at radius 2 is 1.95 bits per heavy atom. The molecule has 2 unspecified atom stereocenters. The molecule has 0 aromatic carbocycles. The number of nitrogens with zero attached hydrogens (tertiary/aromatic N) is 1. The third-order valence-corrected chi connectivity index (χ3v) is 3.66. The van der Waals surface area contributed by atoms with Gasteiger partial charge in [-0.2, -0.15) is 0 Å². The molecule has 0 aromatic rings. The van der Waals surface area contributed by atoms with Crippen molar-refractivity contribution in [3.63, 3.8) is 0 Å². The summed E-state index contributed by atoms with van der Waals surface area (Å²) in [5.41, 5.74) is 0. The van der Waals surface area contributed by atoms with E-state index in [1.54, 1.807) is 18.7 Å². The lowest BCUT2D eigenvalue weighted by Gasteiger charge is -2.34. The standard InChI is InChI=1S/C13H24N2O4/c1-4-19-13(18)15-7-5-11(6-8-15)14-10(3)9(2)12(16)17/h9-11,14H,4-8H2,1-3H3,(H,16,17). The van der Waals surface area contributed by atoms with Crippen LogP contribution in [0.2, 0.25) is 0 Å². The van der Waals surface area contributed by atoms with Crippen molar-refractivity contribution in [2.24, 2.45) is 5.92 Å². The molecular weight excluding hydrogens is 248 g/mol. The number of rotatable bonds is 5. The first kappa shape index (κ1) is 15.8. The largest absolute Gasteiger partial charge is 0.481 e. The topological polar surface area (TPSA) is 78.9 Å². The van der Waals surface area contributed by atoms with Gasteiger partial charge in [-0.1, -0.05) is 6.92 Å². The van der Waals surface area contributed by atoms with Crippen LogP contribution in [-0.2, 0) is 9.53 Å². The number of hydrogen-bond acceptors (Lipinski definition) is 4. The summed E-state index contributed by atoms with van der Waals surface area (Å²) < 4.78 is 4.96. The molecule has 19 heavy (non-hydrogen) atoms. The Hall–Kier alpha value is -1.30. The van der Waals surface area contributed by atoms with E-state index in [4.69, 9.17) is 9.84 Å². The van der Waals surface area contributed by atoms with Crippen LogP contribution in [0.3, 0.4) is 0 Å². The summed E-state index contributed by atoms with van der Waals surface area (Å²) in [6, 6.07) is 0.194. The molecule has 2 atom stereocenters. The average molecular weight is 272 g/mol. The molecule has 0 bridgehead atoms. The number of ether oxygens (including phenoxy) is 1. The molecule has 2 N–H and O–H groups in total. The van der Waals surface area contributed by atoms with Crippen molar-refractivity contribution in [1.82, 2.24) is 10.2 Å². The average Bonchev–Trinajstić information content (AvgIpc) is 2.38. The summed E-state index contributed by atoms with van der Waals surface area (Å²) >= 11 is 0. The molecule has 6 heteroatoms. The molecule has 0 aromatic heterocycles. The Kier molecular flexibility index (Phi) is 6.08. The third kappa shape index (κ3) is 4.70. The molecule has 0 saturated carbocycles. The maximum atomic E-state index is 11.5. The van der Waals surface area contributed by atoms with E-state index in [2.05, 4.69) is 5.32 Å². The smallest absolute Gasteiger partial charge is 0.409 e. The van der Waals surface area contributed by atoms with Crippen LogP contribution >= 0.6 is 0 Å². The summed E-state index contributed by atoms with van der Waals surface area (Å²) in [4.78, 5) is 24.1. The lowest BCUT2D eigenvalue weighted by Crippen LogP contribution is -2.49. The zero-order valence-corrected chi connectivity index (χ0v) is 11.9. The summed E-state index contributed by atoms with van der Waals surface area (Å²) in [7, 11) is 0. The van der Waals surface area contributed by atoms with Crippen LogP contribution in [-0.4, -0.2) is 53.8 Å². The second-order valence-electron chi connectivity index (χ2n) is 5.04. The predicted octanol–water partition coefficient (Wildman–Crippen LogP) is 1.31. The molecule has 0 spiro atoms. The molecule has 1 fully saturated rings. The van der Waals surface area contributed by atoms with Crippen molar-refractivity contribution in [2.45, 2.75) is 45.7 Å². The minimum absolute atomic E-state index is 0.0726. The number of carboxylic acid groups (broad SMARTS) is 1. The summed E-state index contributed by atoms with van der Waals surface area (Å²) in [6.45, 7) is 7.09. The second kappa shape index (κ2) is 7.33. The van der Waals surface area contributed by atoms with Crippen LogP contribution in [0.15, 0.2) is 0 Å². The van der Waals surface area contributed by atoms with Crippen molar-refractivity contribution in [3.8, 4) is 0 Å². The lowest BCUT2D eigenvalue weighted by molar-refractivity contribution is -0.142. The zero-order valence-electron chi connectivity index (χ0n) is 11.9. The normalized spacial score (nSPS) is 19.8. The molecule has 1 aliphatic heterocycles. The molecule has 6 nitrogen and oxygen atoms in total. The number of piperidine rings is 1. The molecule has 0 aliphatic carbocycles. The fraction of sp³-hybridized carbons (Fsp3) is 0.846. The number of hydrogen-bond donors (Lipinski definition) is 2. The number of likely N-dealkylation sites (tertiary alicyclic amines) is 1. The van der Waals surface area contributed by atoms with Crippen molar-refractivity contribution in [2.75, 3.05) is 19.7 Å². The Bertz CT molecular complexity index is 314. The van der Waals surface area contributed by atoms with Gasteiger partial charge in [0.2, 0.25) is 0 Å². The van der Waals surface area contributed by atoms with Crippen molar-refractivity contribution < 1.29 is 19.4 Å². The van der Waals surface area contributed by atoms with Crippen LogP contribution in [0.1, 0.15) is 33.6 Å². The number of amides is 1. The molecule has 1 saturated heterocycles. The molecule has 110 valence electrons. The fourth-order valence-corrected chi connectivity index (χ4v) is 2.17. The highest BCUT2D eigenvalue weighted by Crippen LogP contribution is 2.14. The first-order valence-corrected chi connectivity index (χ1v) is 6.86. The van der Waals surface area contributed by atoms with Crippen molar-refractivity contribution in [1.29, 1.82) is 0 Å². The number of carbonyl (C=O) groups is 2. The Balaban J connectivity index is 2.34. The second-order valence-corrected chi connectivity index (χ2v) is 5.04. The Labute approximate surface area is 114 Å². The van der Waals surface area contributed by atoms with Gasteiger partial charge < -0.3 is 20.1 Å². The van der Waals surface area contributed by atoms with E-state index in [0.717, 1.165) is 12.8 Å². The lowest BCUT2D eigenvalue weighted by atomic mass is 9.99. The number of aliphatic carboxylic acids is 1. The monoisotopic (exact) mass is 272 g/mol. The molecule has 0 radical (unpaired) electrons. The zero-order chi connectivity index (χ0) is 14.4. The highest BCUT2D eigenvalue weighted by molar-refractivity contribution is 5.70. The maximum absolute atomic E-state index is 11.5. The van der Waals surface area contributed by atoms with Gasteiger partial charge >= 0.3 is 12.1 Å². The number of carbonyl (C=O) groups excluding carboxylic acids is 1. The van der Waals surface area contributed by atoms with Gasteiger partial charge in [-0.3, -0.25) is 4.79 Å². The summed E-state index contributed by atoms with van der Waals surface area (Å²) in [6.07, 6.45) is 1.40. The van der Waals surface area contributed by atoms with Gasteiger partial charge in [-0.25, -0.2) is 4.79 Å². The van der Waals surface area contributed by atoms with Gasteiger partial charge in [0, 0.05) is 25.2 Å². The molecule has 1 amide bonds. The first-order valence-electron chi connectivity index (χ1n) is 6.86. The van der Waals surface area contributed by atoms with Gasteiger partial charge in [0.05, 0.1) is 12.5 Å². The van der Waals surface area contributed by atoms with Gasteiger partial charge in [-0.05, 0) is 26.7 Å². The van der Waals surface area contributed by atoms with E-state index in [9.17, 15) is 9.59 Å². The van der Waals surface area contributed by atoms with Gasteiger partial charge in [0.15, 0.2) is 0 Å². The minimum atomic E-state index is -0.788. The fourth-order valence-electron chi connectivity index (χ4n) is 2.17. The number of nitrogens with one attached hydrogen (secondary N) is 1. The maximum Gasteiger partial charge on any atom is 0.409 e. The minimum Gasteiger partial charge on any atom is -0.481 e. The predicted molar refractivity (Wildman–Crippen MR) is 71.0 cm³/mol. The van der Waals surface area contributed by atoms with E-state index >= 15 is 0 Å². The number of carboxylic acids is 1. The van der Waals surface area contributed by atoms with Crippen molar-refractivity contribution in [3.05, 3.63) is 0 Å². The first-order chi connectivity index (χ1) is 8.95. The molecular formula is C13H24N2O4. The SMILES string of the molecule is CCOC(=O)N1CCC(NC(C)C(C)C(=O)O)CC1.